The first-order chi connectivity index (χ1) is 15.2. The number of carbonyl (C=O) groups is 1. The lowest BCUT2D eigenvalue weighted by Crippen LogP contribution is -2.22. The van der Waals surface area contributed by atoms with Gasteiger partial charge in [0.15, 0.2) is 0 Å². The van der Waals surface area contributed by atoms with Crippen LogP contribution in [0.2, 0.25) is 0 Å². The first-order valence-electron chi connectivity index (χ1n) is 11.9. The molecule has 0 heterocycles. The minimum Gasteiger partial charge on any atom is -0.497 e. The molecule has 1 fully saturated rings. The Hall–Kier alpha value is -2.42. The van der Waals surface area contributed by atoms with Crippen LogP contribution in [0.15, 0.2) is 53.5 Å². The van der Waals surface area contributed by atoms with E-state index in [1.54, 1.807) is 7.11 Å². The van der Waals surface area contributed by atoms with Crippen LogP contribution in [0.5, 0.6) is 5.75 Å². The summed E-state index contributed by atoms with van der Waals surface area (Å²) in [7, 11) is 1.68. The number of rotatable bonds is 5. The smallest absolute Gasteiger partial charge is 0.138 e. The molecule has 1 aliphatic carbocycles. The van der Waals surface area contributed by atoms with E-state index in [1.807, 2.05) is 18.3 Å². The average Bonchev–Trinajstić information content (AvgIpc) is 2.79. The standard InChI is InChI=1S/C28H37NO2/c1-22-13-15-23(16-14-22)21-29-28(24-17-19-25(31-2)20-18-24)26-11-9-7-5-3-4-6-8-10-12-27(26)30/h13-21,26,28H,3-12H2,1-2H3. The largest absolute Gasteiger partial charge is 0.497 e. The fourth-order valence-corrected chi connectivity index (χ4v) is 4.45. The van der Waals surface area contributed by atoms with Crippen LogP contribution in [-0.4, -0.2) is 19.1 Å². The number of hydrogen-bond donors (Lipinski definition) is 0. The number of aliphatic imine (C=N–C) groups is 1. The third kappa shape index (κ3) is 7.34. The van der Waals surface area contributed by atoms with Crippen molar-refractivity contribution in [2.75, 3.05) is 7.11 Å². The van der Waals surface area contributed by atoms with Gasteiger partial charge in [0.05, 0.1) is 13.2 Å². The van der Waals surface area contributed by atoms with Crippen molar-refractivity contribution in [3.8, 4) is 5.75 Å². The molecule has 2 unspecified atom stereocenters. The quantitative estimate of drug-likeness (QED) is 0.478. The van der Waals surface area contributed by atoms with E-state index < -0.39 is 0 Å². The molecule has 1 saturated carbocycles. The summed E-state index contributed by atoms with van der Waals surface area (Å²) in [6, 6.07) is 16.3. The van der Waals surface area contributed by atoms with Gasteiger partial charge in [0, 0.05) is 18.6 Å². The van der Waals surface area contributed by atoms with E-state index in [2.05, 4.69) is 43.3 Å². The Bertz CT molecular complexity index is 823. The Morgan fingerprint density at radius 3 is 2.13 bits per heavy atom. The zero-order valence-corrected chi connectivity index (χ0v) is 19.2. The van der Waals surface area contributed by atoms with Crippen LogP contribution in [0, 0.1) is 12.8 Å². The third-order valence-corrected chi connectivity index (χ3v) is 6.40. The molecule has 1 aliphatic rings. The second-order valence-electron chi connectivity index (χ2n) is 8.85. The highest BCUT2D eigenvalue weighted by atomic mass is 16.5. The Balaban J connectivity index is 1.88. The number of nitrogens with zero attached hydrogens (tertiary/aromatic N) is 1. The van der Waals surface area contributed by atoms with Gasteiger partial charge in [-0.2, -0.15) is 0 Å². The average molecular weight is 420 g/mol. The highest BCUT2D eigenvalue weighted by Gasteiger charge is 2.28. The summed E-state index contributed by atoms with van der Waals surface area (Å²) in [5, 5.41) is 0. The number of ether oxygens (including phenoxy) is 1. The molecule has 2 aromatic rings. The van der Waals surface area contributed by atoms with Gasteiger partial charge < -0.3 is 4.74 Å². The molecule has 166 valence electrons. The minimum atomic E-state index is -0.150. The fraction of sp³-hybridized carbons (Fsp3) is 0.500. The summed E-state index contributed by atoms with van der Waals surface area (Å²) in [6.45, 7) is 2.09. The predicted molar refractivity (Wildman–Crippen MR) is 129 cm³/mol. The van der Waals surface area contributed by atoms with E-state index in [1.165, 1.54) is 37.7 Å². The Labute approximate surface area is 187 Å². The zero-order valence-electron chi connectivity index (χ0n) is 19.2. The molecule has 0 bridgehead atoms. The van der Waals surface area contributed by atoms with Gasteiger partial charge in [-0.1, -0.05) is 86.9 Å². The second-order valence-corrected chi connectivity index (χ2v) is 8.85. The van der Waals surface area contributed by atoms with Crippen molar-refractivity contribution in [2.24, 2.45) is 10.9 Å². The Morgan fingerprint density at radius 2 is 1.48 bits per heavy atom. The van der Waals surface area contributed by atoms with Crippen molar-refractivity contribution in [3.63, 3.8) is 0 Å². The summed E-state index contributed by atoms with van der Waals surface area (Å²) in [5.41, 5.74) is 3.40. The van der Waals surface area contributed by atoms with Crippen molar-refractivity contribution >= 4 is 12.0 Å². The molecular weight excluding hydrogens is 382 g/mol. The lowest BCUT2D eigenvalue weighted by molar-refractivity contribution is -0.124. The molecular formula is C28H37NO2. The van der Waals surface area contributed by atoms with Crippen molar-refractivity contribution in [1.29, 1.82) is 0 Å². The summed E-state index contributed by atoms with van der Waals surface area (Å²) in [5.74, 6) is 1.15. The van der Waals surface area contributed by atoms with Crippen LogP contribution >= 0.6 is 0 Å². The third-order valence-electron chi connectivity index (χ3n) is 6.40. The molecule has 0 saturated heterocycles. The van der Waals surface area contributed by atoms with Gasteiger partial charge in [0.2, 0.25) is 0 Å². The van der Waals surface area contributed by atoms with Crippen molar-refractivity contribution in [1.82, 2.24) is 0 Å². The van der Waals surface area contributed by atoms with Crippen LogP contribution < -0.4 is 4.74 Å². The van der Waals surface area contributed by atoms with E-state index in [9.17, 15) is 4.79 Å². The molecule has 0 spiro atoms. The van der Waals surface area contributed by atoms with E-state index in [4.69, 9.17) is 9.73 Å². The molecule has 0 aliphatic heterocycles. The highest BCUT2D eigenvalue weighted by Crippen LogP contribution is 2.34. The molecule has 0 aromatic heterocycles. The minimum absolute atomic E-state index is 0.0606. The van der Waals surface area contributed by atoms with Crippen molar-refractivity contribution in [3.05, 3.63) is 65.2 Å². The van der Waals surface area contributed by atoms with Crippen LogP contribution in [0.25, 0.3) is 0 Å². The highest BCUT2D eigenvalue weighted by molar-refractivity contribution is 5.83. The molecule has 0 amide bonds. The summed E-state index contributed by atoms with van der Waals surface area (Å²) < 4.78 is 5.34. The molecule has 31 heavy (non-hydrogen) atoms. The molecule has 2 aromatic carbocycles. The summed E-state index contributed by atoms with van der Waals surface area (Å²) >= 11 is 0. The normalized spacial score (nSPS) is 20.1. The van der Waals surface area contributed by atoms with Crippen molar-refractivity contribution < 1.29 is 9.53 Å². The fourth-order valence-electron chi connectivity index (χ4n) is 4.45. The Kier molecular flexibility index (Phi) is 9.33. The second kappa shape index (κ2) is 12.4. The van der Waals surface area contributed by atoms with Crippen LogP contribution in [0.3, 0.4) is 0 Å². The first-order valence-corrected chi connectivity index (χ1v) is 11.9. The van der Waals surface area contributed by atoms with Crippen LogP contribution in [0.1, 0.15) is 86.9 Å². The topological polar surface area (TPSA) is 38.7 Å². The zero-order chi connectivity index (χ0) is 21.9. The van der Waals surface area contributed by atoms with Crippen LogP contribution in [0.4, 0.5) is 0 Å². The van der Waals surface area contributed by atoms with Gasteiger partial charge >= 0.3 is 0 Å². The first kappa shape index (κ1) is 23.2. The monoisotopic (exact) mass is 419 g/mol. The lowest BCUT2D eigenvalue weighted by Gasteiger charge is -2.24. The van der Waals surface area contributed by atoms with Crippen molar-refractivity contribution in [2.45, 2.75) is 77.2 Å². The van der Waals surface area contributed by atoms with Gasteiger partial charge in [-0.15, -0.1) is 0 Å². The molecule has 0 N–H and O–H groups in total. The summed E-state index contributed by atoms with van der Waals surface area (Å²) in [6.07, 6.45) is 13.2. The SMILES string of the molecule is COc1ccc(C(N=Cc2ccc(C)cc2)C2CCCCCCCCCCC2=O)cc1. The molecule has 3 rings (SSSR count). The predicted octanol–water partition coefficient (Wildman–Crippen LogP) is 7.26. The van der Waals surface area contributed by atoms with E-state index in [-0.39, 0.29) is 12.0 Å². The van der Waals surface area contributed by atoms with Gasteiger partial charge in [-0.05, 0) is 43.0 Å². The van der Waals surface area contributed by atoms with Crippen LogP contribution in [-0.2, 0) is 4.79 Å². The number of benzene rings is 2. The lowest BCUT2D eigenvalue weighted by atomic mass is 9.83. The molecule has 0 radical (unpaired) electrons. The van der Waals surface area contributed by atoms with Gasteiger partial charge in [-0.25, -0.2) is 0 Å². The molecule has 3 nitrogen and oxygen atoms in total. The van der Waals surface area contributed by atoms with E-state index in [0.29, 0.717) is 12.2 Å². The van der Waals surface area contributed by atoms with Gasteiger partial charge in [0.25, 0.3) is 0 Å². The summed E-state index contributed by atoms with van der Waals surface area (Å²) in [4.78, 5) is 18.3. The Morgan fingerprint density at radius 1 is 0.871 bits per heavy atom. The maximum atomic E-state index is 13.3. The van der Waals surface area contributed by atoms with E-state index in [0.717, 1.165) is 42.6 Å². The molecule has 2 atom stereocenters. The number of ketones is 1. The maximum absolute atomic E-state index is 13.3. The number of aryl methyl sites for hydroxylation is 1. The maximum Gasteiger partial charge on any atom is 0.138 e. The number of methoxy groups -OCH3 is 1. The van der Waals surface area contributed by atoms with Gasteiger partial charge in [0.1, 0.15) is 11.5 Å². The molecule has 3 heteroatoms. The van der Waals surface area contributed by atoms with Gasteiger partial charge in [-0.3, -0.25) is 9.79 Å². The number of Topliss-reactive ketones (excluding diaryl/α,β-unsaturated/α-hetero) is 1. The number of hydrogen-bond acceptors (Lipinski definition) is 3. The van der Waals surface area contributed by atoms with E-state index >= 15 is 0 Å². The number of carbonyl (C=O) groups excluding carboxylic acids is 1.